The van der Waals surface area contributed by atoms with Gasteiger partial charge in [-0.1, -0.05) is 237 Å². The Morgan fingerprint density at radius 2 is 0.984 bits per heavy atom. The van der Waals surface area contributed by atoms with Gasteiger partial charge in [-0.2, -0.15) is 0 Å². The SMILES string of the molecule is CCCCCCCCCCCCCCCCCCOC(=O)N(CCCCCCCCCCCCCCCCCC)[C@@H]1O[C@H](CO)[C@H](O)[C@H](O)[C@H]1NC(=O)OCc1ccccc1. The lowest BCUT2D eigenvalue weighted by atomic mass is 9.95. The quantitative estimate of drug-likeness (QED) is 0.0480. The number of amides is 2. The Bertz CT molecular complexity index is 1160. The molecule has 0 spiro atoms. The zero-order chi connectivity index (χ0) is 44.0. The molecule has 1 saturated heterocycles. The zero-order valence-corrected chi connectivity index (χ0v) is 39.1. The fourth-order valence-electron chi connectivity index (χ4n) is 8.47. The van der Waals surface area contributed by atoms with E-state index in [-0.39, 0.29) is 19.8 Å². The van der Waals surface area contributed by atoms with Crippen LogP contribution in [-0.4, -0.2) is 82.7 Å². The first-order valence-electron chi connectivity index (χ1n) is 25.5. The van der Waals surface area contributed by atoms with Gasteiger partial charge in [0.25, 0.3) is 0 Å². The monoisotopic (exact) mass is 861 g/mol. The number of hydrogen-bond donors (Lipinski definition) is 4. The lowest BCUT2D eigenvalue weighted by Crippen LogP contribution is -2.69. The first-order chi connectivity index (χ1) is 29.9. The van der Waals surface area contributed by atoms with Crippen LogP contribution >= 0.6 is 0 Å². The van der Waals surface area contributed by atoms with E-state index in [0.29, 0.717) is 6.42 Å². The lowest BCUT2D eigenvalue weighted by Gasteiger charge is -2.46. The molecule has 0 aromatic heterocycles. The second kappa shape index (κ2) is 38.1. The number of hydrogen-bond acceptors (Lipinski definition) is 8. The number of benzene rings is 1. The van der Waals surface area contributed by atoms with Gasteiger partial charge < -0.3 is 34.8 Å². The van der Waals surface area contributed by atoms with Crippen LogP contribution in [0.5, 0.6) is 0 Å². The van der Waals surface area contributed by atoms with Crippen LogP contribution in [-0.2, 0) is 20.8 Å². The highest BCUT2D eigenvalue weighted by molar-refractivity contribution is 5.69. The Kier molecular flexibility index (Phi) is 34.2. The fraction of sp³-hybridized carbons (Fsp3) is 0.843. The summed E-state index contributed by atoms with van der Waals surface area (Å²) in [5.74, 6) is 0. The zero-order valence-electron chi connectivity index (χ0n) is 39.1. The number of aliphatic hydroxyl groups excluding tert-OH is 3. The van der Waals surface area contributed by atoms with Crippen molar-refractivity contribution in [2.45, 2.75) is 257 Å². The molecule has 0 unspecified atom stereocenters. The van der Waals surface area contributed by atoms with Crippen LogP contribution in [0.15, 0.2) is 30.3 Å². The van der Waals surface area contributed by atoms with Crippen molar-refractivity contribution in [1.29, 1.82) is 0 Å². The van der Waals surface area contributed by atoms with Gasteiger partial charge in [-0.25, -0.2) is 9.59 Å². The Morgan fingerprint density at radius 1 is 0.574 bits per heavy atom. The highest BCUT2D eigenvalue weighted by atomic mass is 16.6. The van der Waals surface area contributed by atoms with Gasteiger partial charge in [-0.3, -0.25) is 4.90 Å². The van der Waals surface area contributed by atoms with E-state index in [1.165, 1.54) is 165 Å². The summed E-state index contributed by atoms with van der Waals surface area (Å²) in [7, 11) is 0. The smallest absolute Gasteiger partial charge is 0.411 e. The molecular weight excluding hydrogens is 769 g/mol. The standard InChI is InChI=1S/C51H92N2O8/c1-3-5-7-9-11-13-15-17-19-21-23-25-27-29-31-36-40-53(51(58)59-41-37-32-30-28-26-24-22-20-18-16-14-12-10-8-6-4-2)49-46(48(56)47(55)45(42-54)61-49)52-50(57)60-43-44-38-34-33-35-39-44/h33-35,38-39,45-49,54-56H,3-32,36-37,40-43H2,1-2H3,(H,52,57)/t45-,46-,47+,48-,49-/m1/s1. The van der Waals surface area contributed by atoms with Crippen molar-refractivity contribution < 1.29 is 39.1 Å². The summed E-state index contributed by atoms with van der Waals surface area (Å²) >= 11 is 0. The van der Waals surface area contributed by atoms with E-state index >= 15 is 0 Å². The van der Waals surface area contributed by atoms with Crippen molar-refractivity contribution in [3.05, 3.63) is 35.9 Å². The minimum Gasteiger partial charge on any atom is -0.449 e. The number of ether oxygens (including phenoxy) is 3. The molecule has 0 aliphatic carbocycles. The second-order valence-electron chi connectivity index (χ2n) is 17.9. The molecule has 1 fully saturated rings. The average Bonchev–Trinajstić information content (AvgIpc) is 3.27. The number of nitrogens with zero attached hydrogens (tertiary/aromatic N) is 1. The maximum atomic E-state index is 13.8. The Labute approximate surface area is 372 Å². The molecule has 1 heterocycles. The largest absolute Gasteiger partial charge is 0.449 e. The average molecular weight is 861 g/mol. The van der Waals surface area contributed by atoms with Gasteiger partial charge >= 0.3 is 12.2 Å². The van der Waals surface area contributed by atoms with Crippen LogP contribution in [0.3, 0.4) is 0 Å². The molecule has 1 aliphatic heterocycles. The lowest BCUT2D eigenvalue weighted by molar-refractivity contribution is -0.225. The molecule has 1 aromatic carbocycles. The van der Waals surface area contributed by atoms with E-state index in [1.54, 1.807) is 0 Å². The van der Waals surface area contributed by atoms with Gasteiger partial charge in [0, 0.05) is 6.54 Å². The minimum absolute atomic E-state index is 0.00703. The van der Waals surface area contributed by atoms with Crippen molar-refractivity contribution in [2.75, 3.05) is 19.8 Å². The van der Waals surface area contributed by atoms with E-state index in [9.17, 15) is 24.9 Å². The van der Waals surface area contributed by atoms with Gasteiger partial charge in [-0.05, 0) is 18.4 Å². The molecule has 5 atom stereocenters. The maximum Gasteiger partial charge on any atom is 0.411 e. The number of unbranched alkanes of at least 4 members (excludes halogenated alkanes) is 30. The van der Waals surface area contributed by atoms with Crippen molar-refractivity contribution in [1.82, 2.24) is 10.2 Å². The third kappa shape index (κ3) is 26.7. The Hall–Kier alpha value is -2.40. The summed E-state index contributed by atoms with van der Waals surface area (Å²) in [6, 6.07) is 8.01. The Morgan fingerprint density at radius 3 is 1.41 bits per heavy atom. The first-order valence-corrected chi connectivity index (χ1v) is 25.5. The van der Waals surface area contributed by atoms with Crippen molar-refractivity contribution in [3.8, 4) is 0 Å². The van der Waals surface area contributed by atoms with Gasteiger partial charge in [0.15, 0.2) is 6.23 Å². The van der Waals surface area contributed by atoms with E-state index in [0.717, 1.165) is 44.1 Å². The van der Waals surface area contributed by atoms with Crippen LogP contribution in [0.2, 0.25) is 0 Å². The van der Waals surface area contributed by atoms with Gasteiger partial charge in [0.2, 0.25) is 0 Å². The van der Waals surface area contributed by atoms with Crippen LogP contribution in [0.1, 0.15) is 225 Å². The molecule has 0 saturated carbocycles. The third-order valence-corrected chi connectivity index (χ3v) is 12.4. The Balaban J connectivity index is 1.82. The molecule has 2 rings (SSSR count). The fourth-order valence-corrected chi connectivity index (χ4v) is 8.47. The normalized spacial score (nSPS) is 18.9. The van der Waals surface area contributed by atoms with E-state index in [1.807, 2.05) is 30.3 Å². The summed E-state index contributed by atoms with van der Waals surface area (Å²) in [5.41, 5.74) is 0.790. The van der Waals surface area contributed by atoms with Gasteiger partial charge in [-0.15, -0.1) is 0 Å². The first kappa shape index (κ1) is 54.7. The van der Waals surface area contributed by atoms with Crippen molar-refractivity contribution in [3.63, 3.8) is 0 Å². The minimum atomic E-state index is -1.53. The number of nitrogens with one attached hydrogen (secondary N) is 1. The number of aliphatic hydroxyl groups is 3. The third-order valence-electron chi connectivity index (χ3n) is 12.4. The summed E-state index contributed by atoms with van der Waals surface area (Å²) in [5, 5.41) is 34.7. The van der Waals surface area contributed by atoms with Gasteiger partial charge in [0.1, 0.15) is 31.0 Å². The summed E-state index contributed by atoms with van der Waals surface area (Å²) < 4.78 is 17.3. The van der Waals surface area contributed by atoms with Crippen LogP contribution < -0.4 is 5.32 Å². The number of alkyl carbamates (subject to hydrolysis) is 1. The molecule has 0 radical (unpaired) electrons. The predicted molar refractivity (Wildman–Crippen MR) is 248 cm³/mol. The molecule has 0 bridgehead atoms. The molecule has 61 heavy (non-hydrogen) atoms. The highest BCUT2D eigenvalue weighted by Gasteiger charge is 2.48. The van der Waals surface area contributed by atoms with Crippen LogP contribution in [0.4, 0.5) is 9.59 Å². The highest BCUT2D eigenvalue weighted by Crippen LogP contribution is 2.26. The molecular formula is C51H92N2O8. The van der Waals surface area contributed by atoms with Crippen LogP contribution in [0, 0.1) is 0 Å². The molecule has 1 aliphatic rings. The summed E-state index contributed by atoms with van der Waals surface area (Å²) in [6.45, 7) is 4.50. The summed E-state index contributed by atoms with van der Waals surface area (Å²) in [4.78, 5) is 28.2. The van der Waals surface area contributed by atoms with Crippen LogP contribution in [0.25, 0.3) is 0 Å². The molecule has 4 N–H and O–H groups in total. The maximum absolute atomic E-state index is 13.8. The topological polar surface area (TPSA) is 138 Å². The van der Waals surface area contributed by atoms with E-state index in [2.05, 4.69) is 19.2 Å². The van der Waals surface area contributed by atoms with Crippen molar-refractivity contribution >= 4 is 12.2 Å². The second-order valence-corrected chi connectivity index (χ2v) is 17.9. The number of carbonyl (C=O) groups excluding carboxylic acids is 2. The van der Waals surface area contributed by atoms with Crippen molar-refractivity contribution in [2.24, 2.45) is 0 Å². The predicted octanol–water partition coefficient (Wildman–Crippen LogP) is 12.7. The molecule has 354 valence electrons. The molecule has 10 nitrogen and oxygen atoms in total. The van der Waals surface area contributed by atoms with Gasteiger partial charge in [0.05, 0.1) is 13.2 Å². The van der Waals surface area contributed by atoms with E-state index < -0.39 is 49.4 Å². The van der Waals surface area contributed by atoms with E-state index in [4.69, 9.17) is 14.2 Å². The summed E-state index contributed by atoms with van der Waals surface area (Å²) in [6.07, 6.45) is 33.1. The number of rotatable bonds is 39. The number of carbonyl (C=O) groups is 2. The molecule has 10 heteroatoms. The molecule has 1 aromatic rings. The molecule has 2 amide bonds.